The second kappa shape index (κ2) is 7.08. The lowest BCUT2D eigenvalue weighted by Gasteiger charge is -2.26. The molecule has 0 aliphatic carbocycles. The molecule has 0 radical (unpaired) electrons. The first-order valence-electron chi connectivity index (χ1n) is 7.11. The molecule has 0 atom stereocenters. The third-order valence-electron chi connectivity index (χ3n) is 3.63. The summed E-state index contributed by atoms with van der Waals surface area (Å²) < 4.78 is 0. The summed E-state index contributed by atoms with van der Waals surface area (Å²) in [7, 11) is 1.74. The van der Waals surface area contributed by atoms with Gasteiger partial charge in [-0.15, -0.1) is 0 Å². The van der Waals surface area contributed by atoms with Crippen molar-refractivity contribution in [3.63, 3.8) is 0 Å². The van der Waals surface area contributed by atoms with Crippen LogP contribution in [-0.4, -0.2) is 48.2 Å². The van der Waals surface area contributed by atoms with Gasteiger partial charge < -0.3 is 20.6 Å². The Kier molecular flexibility index (Phi) is 5.16. The van der Waals surface area contributed by atoms with Crippen LogP contribution in [0.3, 0.4) is 0 Å². The lowest BCUT2D eigenvalue weighted by molar-refractivity contribution is 0.0697. The van der Waals surface area contributed by atoms with Gasteiger partial charge in [0, 0.05) is 19.6 Å². The van der Waals surface area contributed by atoms with E-state index in [1.165, 1.54) is 0 Å². The molecular weight excluding hydrogens is 270 g/mol. The van der Waals surface area contributed by atoms with E-state index in [0.717, 1.165) is 31.5 Å². The Morgan fingerprint density at radius 3 is 2.48 bits per heavy atom. The zero-order chi connectivity index (χ0) is 15.2. The maximum absolute atomic E-state index is 12.1. The van der Waals surface area contributed by atoms with Gasteiger partial charge in [-0.05, 0) is 43.6 Å². The lowest BCUT2D eigenvalue weighted by atomic mass is 10.1. The van der Waals surface area contributed by atoms with Crippen molar-refractivity contribution in [3.05, 3.63) is 35.4 Å². The fourth-order valence-corrected chi connectivity index (χ4v) is 2.35. The highest BCUT2D eigenvalue weighted by atomic mass is 16.4. The molecule has 0 aromatic heterocycles. The van der Waals surface area contributed by atoms with Crippen LogP contribution >= 0.6 is 0 Å². The van der Waals surface area contributed by atoms with Crippen molar-refractivity contribution in [3.8, 4) is 0 Å². The fraction of sp³-hybridized carbons (Fsp3) is 0.467. The van der Waals surface area contributed by atoms with Gasteiger partial charge in [0.1, 0.15) is 0 Å². The number of carboxylic acid groups (broad SMARTS) is 1. The topological polar surface area (TPSA) is 81.7 Å². The van der Waals surface area contributed by atoms with Crippen LogP contribution in [0.2, 0.25) is 0 Å². The number of carbonyl (C=O) groups is 2. The molecule has 1 heterocycles. The second-order valence-electron chi connectivity index (χ2n) is 5.33. The molecule has 0 unspecified atom stereocenters. The van der Waals surface area contributed by atoms with E-state index in [-0.39, 0.29) is 17.6 Å². The first kappa shape index (κ1) is 15.3. The molecule has 1 aliphatic rings. The van der Waals surface area contributed by atoms with E-state index < -0.39 is 5.97 Å². The summed E-state index contributed by atoms with van der Waals surface area (Å²) in [6.45, 7) is 2.33. The van der Waals surface area contributed by atoms with Gasteiger partial charge in [-0.2, -0.15) is 0 Å². The molecule has 1 aromatic rings. The number of carbonyl (C=O) groups excluding carboxylic acids is 1. The van der Waals surface area contributed by atoms with Gasteiger partial charge in [0.2, 0.25) is 0 Å². The summed E-state index contributed by atoms with van der Waals surface area (Å²) >= 11 is 0. The number of aromatic carboxylic acids is 1. The number of benzene rings is 1. The summed E-state index contributed by atoms with van der Waals surface area (Å²) in [5.74, 6) is -0.946. The molecule has 1 aliphatic heterocycles. The minimum atomic E-state index is -0.946. The predicted octanol–water partition coefficient (Wildman–Crippen LogP) is 1.28. The van der Waals surface area contributed by atoms with Crippen molar-refractivity contribution in [1.82, 2.24) is 15.5 Å². The molecule has 3 N–H and O–H groups in total. The summed E-state index contributed by atoms with van der Waals surface area (Å²) in [4.78, 5) is 24.5. The van der Waals surface area contributed by atoms with E-state index in [0.29, 0.717) is 6.54 Å². The Morgan fingerprint density at radius 1 is 1.29 bits per heavy atom. The molecule has 114 valence electrons. The SMILES string of the molecule is CN(Cc1ccc(C(=O)O)cc1)C(=O)NC1CCNCC1. The maximum Gasteiger partial charge on any atom is 0.335 e. The molecule has 0 bridgehead atoms. The number of piperidine rings is 1. The van der Waals surface area contributed by atoms with E-state index in [1.807, 2.05) is 0 Å². The van der Waals surface area contributed by atoms with Crippen LogP contribution in [0.4, 0.5) is 4.79 Å². The molecule has 6 heteroatoms. The van der Waals surface area contributed by atoms with Crippen molar-refractivity contribution < 1.29 is 14.7 Å². The van der Waals surface area contributed by atoms with Crippen LogP contribution in [0.15, 0.2) is 24.3 Å². The van der Waals surface area contributed by atoms with E-state index in [4.69, 9.17) is 5.11 Å². The molecule has 1 fully saturated rings. The molecular formula is C15H21N3O3. The molecule has 1 aromatic carbocycles. The Labute approximate surface area is 124 Å². The number of nitrogens with one attached hydrogen (secondary N) is 2. The van der Waals surface area contributed by atoms with E-state index >= 15 is 0 Å². The molecule has 1 saturated heterocycles. The monoisotopic (exact) mass is 291 g/mol. The fourth-order valence-electron chi connectivity index (χ4n) is 2.35. The lowest BCUT2D eigenvalue weighted by Crippen LogP contribution is -2.47. The summed E-state index contributed by atoms with van der Waals surface area (Å²) in [5.41, 5.74) is 1.16. The zero-order valence-corrected chi connectivity index (χ0v) is 12.1. The highest BCUT2D eigenvalue weighted by Gasteiger charge is 2.17. The Balaban J connectivity index is 1.86. The Hall–Kier alpha value is -2.08. The molecule has 0 spiro atoms. The van der Waals surface area contributed by atoms with Crippen molar-refractivity contribution in [2.24, 2.45) is 0 Å². The number of urea groups is 1. The van der Waals surface area contributed by atoms with Crippen LogP contribution in [0.5, 0.6) is 0 Å². The van der Waals surface area contributed by atoms with Crippen LogP contribution < -0.4 is 10.6 Å². The van der Waals surface area contributed by atoms with E-state index in [9.17, 15) is 9.59 Å². The second-order valence-corrected chi connectivity index (χ2v) is 5.33. The van der Waals surface area contributed by atoms with Crippen LogP contribution in [-0.2, 0) is 6.54 Å². The molecule has 21 heavy (non-hydrogen) atoms. The number of rotatable bonds is 4. The Bertz CT molecular complexity index is 495. The number of amides is 2. The van der Waals surface area contributed by atoms with Crippen molar-refractivity contribution in [1.29, 1.82) is 0 Å². The standard InChI is InChI=1S/C15H21N3O3/c1-18(15(21)17-13-6-8-16-9-7-13)10-11-2-4-12(5-3-11)14(19)20/h2-5,13,16H,6-10H2,1H3,(H,17,21)(H,19,20). The van der Waals surface area contributed by atoms with Gasteiger partial charge in [-0.1, -0.05) is 12.1 Å². The zero-order valence-electron chi connectivity index (χ0n) is 12.1. The predicted molar refractivity (Wildman–Crippen MR) is 79.3 cm³/mol. The number of carboxylic acids is 1. The molecule has 0 saturated carbocycles. The number of hydrogen-bond donors (Lipinski definition) is 3. The Morgan fingerprint density at radius 2 is 1.90 bits per heavy atom. The van der Waals surface area contributed by atoms with Gasteiger partial charge in [0.25, 0.3) is 0 Å². The molecule has 2 rings (SSSR count). The van der Waals surface area contributed by atoms with Crippen molar-refractivity contribution >= 4 is 12.0 Å². The van der Waals surface area contributed by atoms with Gasteiger partial charge in [0.05, 0.1) is 5.56 Å². The highest BCUT2D eigenvalue weighted by Crippen LogP contribution is 2.08. The average molecular weight is 291 g/mol. The molecule has 2 amide bonds. The number of nitrogens with zero attached hydrogens (tertiary/aromatic N) is 1. The normalized spacial score (nSPS) is 15.5. The minimum Gasteiger partial charge on any atom is -0.478 e. The first-order valence-corrected chi connectivity index (χ1v) is 7.11. The summed E-state index contributed by atoms with van der Waals surface area (Å²) in [6, 6.07) is 6.71. The van der Waals surface area contributed by atoms with Crippen molar-refractivity contribution in [2.75, 3.05) is 20.1 Å². The summed E-state index contributed by atoms with van der Waals surface area (Å²) in [6.07, 6.45) is 1.90. The van der Waals surface area contributed by atoms with Crippen LogP contribution in [0, 0.1) is 0 Å². The van der Waals surface area contributed by atoms with E-state index in [2.05, 4.69) is 10.6 Å². The third-order valence-corrected chi connectivity index (χ3v) is 3.63. The highest BCUT2D eigenvalue weighted by molar-refractivity contribution is 5.87. The maximum atomic E-state index is 12.1. The van der Waals surface area contributed by atoms with Gasteiger partial charge in [-0.25, -0.2) is 9.59 Å². The summed E-state index contributed by atoms with van der Waals surface area (Å²) in [5, 5.41) is 15.1. The van der Waals surface area contributed by atoms with Crippen LogP contribution in [0.1, 0.15) is 28.8 Å². The van der Waals surface area contributed by atoms with Gasteiger partial charge in [0.15, 0.2) is 0 Å². The number of hydrogen-bond acceptors (Lipinski definition) is 3. The smallest absolute Gasteiger partial charge is 0.335 e. The van der Waals surface area contributed by atoms with E-state index in [1.54, 1.807) is 36.2 Å². The van der Waals surface area contributed by atoms with Crippen molar-refractivity contribution in [2.45, 2.75) is 25.4 Å². The average Bonchev–Trinajstić information content (AvgIpc) is 2.48. The third kappa shape index (κ3) is 4.46. The molecule has 6 nitrogen and oxygen atoms in total. The quantitative estimate of drug-likeness (QED) is 0.780. The van der Waals surface area contributed by atoms with Gasteiger partial charge >= 0.3 is 12.0 Å². The van der Waals surface area contributed by atoms with Crippen LogP contribution in [0.25, 0.3) is 0 Å². The first-order chi connectivity index (χ1) is 10.1. The van der Waals surface area contributed by atoms with Gasteiger partial charge in [-0.3, -0.25) is 0 Å². The minimum absolute atomic E-state index is 0.0933. The largest absolute Gasteiger partial charge is 0.478 e.